The number of hydrogen-bond donors (Lipinski definition) is 2. The maximum atomic E-state index is 10.8. The molecule has 0 saturated heterocycles. The van der Waals surface area contributed by atoms with Crippen molar-refractivity contribution >= 4 is 11.7 Å². The van der Waals surface area contributed by atoms with Gasteiger partial charge >= 0.3 is 5.97 Å². The van der Waals surface area contributed by atoms with Crippen LogP contribution in [0.1, 0.15) is 25.3 Å². The van der Waals surface area contributed by atoms with E-state index in [9.17, 15) is 4.79 Å². The quantitative estimate of drug-likeness (QED) is 0.818. The first-order chi connectivity index (χ1) is 9.10. The number of nitrogens with zero attached hydrogens (tertiary/aromatic N) is 2. The van der Waals surface area contributed by atoms with Crippen LogP contribution in [0, 0.1) is 6.92 Å². The third-order valence-electron chi connectivity index (χ3n) is 3.75. The van der Waals surface area contributed by atoms with Gasteiger partial charge in [-0.2, -0.15) is 0 Å². The highest BCUT2D eigenvalue weighted by atomic mass is 16.4. The molecule has 1 saturated carbocycles. The zero-order chi connectivity index (χ0) is 13.8. The Morgan fingerprint density at radius 3 is 2.89 bits per heavy atom. The van der Waals surface area contributed by atoms with E-state index in [1.54, 1.807) is 6.20 Å². The summed E-state index contributed by atoms with van der Waals surface area (Å²) in [5, 5.41) is 12.4. The zero-order valence-corrected chi connectivity index (χ0v) is 11.5. The van der Waals surface area contributed by atoms with Gasteiger partial charge in [0.1, 0.15) is 0 Å². The van der Waals surface area contributed by atoms with Crippen molar-refractivity contribution in [3.8, 4) is 0 Å². The van der Waals surface area contributed by atoms with Crippen molar-refractivity contribution in [2.45, 2.75) is 38.8 Å². The number of hydrogen-bond acceptors (Lipinski definition) is 4. The summed E-state index contributed by atoms with van der Waals surface area (Å²) in [5.74, 6) is -0.747. The Morgan fingerprint density at radius 1 is 1.58 bits per heavy atom. The Labute approximate surface area is 113 Å². The highest BCUT2D eigenvalue weighted by Crippen LogP contribution is 2.29. The average Bonchev–Trinajstić information content (AvgIpc) is 2.32. The second-order valence-electron chi connectivity index (χ2n) is 5.11. The van der Waals surface area contributed by atoms with Gasteiger partial charge < -0.3 is 10.4 Å². The first kappa shape index (κ1) is 13.8. The van der Waals surface area contributed by atoms with Crippen molar-refractivity contribution in [3.05, 3.63) is 24.0 Å². The smallest absolute Gasteiger partial charge is 0.317 e. The van der Waals surface area contributed by atoms with E-state index in [1.807, 2.05) is 31.0 Å². The summed E-state index contributed by atoms with van der Waals surface area (Å²) in [6.07, 6.45) is 5.64. The number of pyridine rings is 1. The fourth-order valence-corrected chi connectivity index (χ4v) is 2.53. The SMILES string of the molecule is CCN(CC(=O)O)C1CC(Nc2ccncc2C)C1. The minimum Gasteiger partial charge on any atom is -0.480 e. The fraction of sp³-hybridized carbons (Fsp3) is 0.571. The topological polar surface area (TPSA) is 65.5 Å². The first-order valence-corrected chi connectivity index (χ1v) is 6.73. The van der Waals surface area contributed by atoms with Gasteiger partial charge in [-0.25, -0.2) is 0 Å². The van der Waals surface area contributed by atoms with Gasteiger partial charge in [-0.05, 0) is 37.9 Å². The van der Waals surface area contributed by atoms with E-state index in [-0.39, 0.29) is 6.54 Å². The number of carbonyl (C=O) groups is 1. The number of aromatic nitrogens is 1. The molecule has 2 N–H and O–H groups in total. The standard InChI is InChI=1S/C14H21N3O2/c1-3-17(9-14(18)19)12-6-11(7-12)16-13-4-5-15-8-10(13)2/h4-5,8,11-12H,3,6-7,9H2,1-2H3,(H,15,16)(H,18,19). The van der Waals surface area contributed by atoms with Crippen molar-refractivity contribution in [1.82, 2.24) is 9.88 Å². The third-order valence-corrected chi connectivity index (χ3v) is 3.75. The molecule has 5 nitrogen and oxygen atoms in total. The van der Waals surface area contributed by atoms with Crippen LogP contribution in [0.5, 0.6) is 0 Å². The molecule has 1 aliphatic carbocycles. The van der Waals surface area contributed by atoms with Crippen molar-refractivity contribution in [2.75, 3.05) is 18.4 Å². The van der Waals surface area contributed by atoms with Crippen LogP contribution in [0.3, 0.4) is 0 Å². The highest BCUT2D eigenvalue weighted by molar-refractivity contribution is 5.69. The summed E-state index contributed by atoms with van der Waals surface area (Å²) in [6, 6.07) is 2.81. The molecule has 0 atom stereocenters. The molecule has 1 aliphatic rings. The van der Waals surface area contributed by atoms with E-state index in [0.29, 0.717) is 12.1 Å². The summed E-state index contributed by atoms with van der Waals surface area (Å²) in [7, 11) is 0. The predicted octanol–water partition coefficient (Wildman–Crippen LogP) is 1.74. The molecule has 0 spiro atoms. The van der Waals surface area contributed by atoms with E-state index in [4.69, 9.17) is 5.11 Å². The molecular weight excluding hydrogens is 242 g/mol. The lowest BCUT2D eigenvalue weighted by molar-refractivity contribution is -0.139. The Balaban J connectivity index is 1.83. The summed E-state index contributed by atoms with van der Waals surface area (Å²) in [6.45, 7) is 4.98. The maximum absolute atomic E-state index is 10.8. The molecule has 1 heterocycles. The Hall–Kier alpha value is -1.62. The van der Waals surface area contributed by atoms with Gasteiger partial charge in [0.05, 0.1) is 6.54 Å². The second kappa shape index (κ2) is 6.02. The fourth-order valence-electron chi connectivity index (χ4n) is 2.53. The van der Waals surface area contributed by atoms with Crippen LogP contribution in [-0.2, 0) is 4.79 Å². The van der Waals surface area contributed by atoms with Gasteiger partial charge in [0, 0.05) is 30.2 Å². The van der Waals surface area contributed by atoms with Crippen LogP contribution in [0.15, 0.2) is 18.5 Å². The summed E-state index contributed by atoms with van der Waals surface area (Å²) >= 11 is 0. The lowest BCUT2D eigenvalue weighted by Gasteiger charge is -2.42. The van der Waals surface area contributed by atoms with Crippen LogP contribution >= 0.6 is 0 Å². The largest absolute Gasteiger partial charge is 0.480 e. The van der Waals surface area contributed by atoms with Gasteiger partial charge in [0.15, 0.2) is 0 Å². The van der Waals surface area contributed by atoms with Gasteiger partial charge in [0.25, 0.3) is 0 Å². The molecule has 0 amide bonds. The van der Waals surface area contributed by atoms with Crippen molar-refractivity contribution in [1.29, 1.82) is 0 Å². The van der Waals surface area contributed by atoms with Crippen LogP contribution in [0.2, 0.25) is 0 Å². The Bertz CT molecular complexity index is 444. The number of likely N-dealkylation sites (N-methyl/N-ethyl adjacent to an activating group) is 1. The molecule has 104 valence electrons. The average molecular weight is 263 g/mol. The monoisotopic (exact) mass is 263 g/mol. The minimum atomic E-state index is -0.747. The van der Waals surface area contributed by atoms with E-state index >= 15 is 0 Å². The predicted molar refractivity (Wildman–Crippen MR) is 74.3 cm³/mol. The molecule has 0 aliphatic heterocycles. The minimum absolute atomic E-state index is 0.141. The number of aliphatic carboxylic acids is 1. The molecule has 1 fully saturated rings. The van der Waals surface area contributed by atoms with Gasteiger partial charge in [-0.1, -0.05) is 6.92 Å². The van der Waals surface area contributed by atoms with Gasteiger partial charge in [-0.15, -0.1) is 0 Å². The number of aryl methyl sites for hydroxylation is 1. The van der Waals surface area contributed by atoms with Crippen molar-refractivity contribution < 1.29 is 9.90 Å². The Morgan fingerprint density at radius 2 is 2.32 bits per heavy atom. The molecule has 1 aromatic heterocycles. The number of anilines is 1. The van der Waals surface area contributed by atoms with E-state index in [2.05, 4.69) is 10.3 Å². The molecular formula is C14H21N3O2. The molecule has 2 rings (SSSR count). The number of nitrogens with one attached hydrogen (secondary N) is 1. The molecule has 0 bridgehead atoms. The van der Waals surface area contributed by atoms with Crippen molar-refractivity contribution in [2.24, 2.45) is 0 Å². The van der Waals surface area contributed by atoms with Crippen LogP contribution in [-0.4, -0.2) is 46.1 Å². The number of carboxylic acid groups (broad SMARTS) is 1. The summed E-state index contributed by atoms with van der Waals surface area (Å²) in [4.78, 5) is 16.9. The molecule has 0 aromatic carbocycles. The molecule has 5 heteroatoms. The van der Waals surface area contributed by atoms with Crippen molar-refractivity contribution in [3.63, 3.8) is 0 Å². The lowest BCUT2D eigenvalue weighted by atomic mass is 9.85. The van der Waals surface area contributed by atoms with E-state index in [0.717, 1.165) is 30.6 Å². The van der Waals surface area contributed by atoms with E-state index < -0.39 is 5.97 Å². The number of carboxylic acids is 1. The number of rotatable bonds is 6. The van der Waals surface area contributed by atoms with Crippen LogP contribution in [0.25, 0.3) is 0 Å². The third kappa shape index (κ3) is 3.44. The summed E-state index contributed by atoms with van der Waals surface area (Å²) in [5.41, 5.74) is 2.27. The van der Waals surface area contributed by atoms with Gasteiger partial charge in [0.2, 0.25) is 0 Å². The first-order valence-electron chi connectivity index (χ1n) is 6.73. The molecule has 0 radical (unpaired) electrons. The van der Waals surface area contributed by atoms with Crippen LogP contribution in [0.4, 0.5) is 5.69 Å². The highest BCUT2D eigenvalue weighted by Gasteiger charge is 2.33. The van der Waals surface area contributed by atoms with Gasteiger partial charge in [-0.3, -0.25) is 14.7 Å². The van der Waals surface area contributed by atoms with Crippen LogP contribution < -0.4 is 5.32 Å². The summed E-state index contributed by atoms with van der Waals surface area (Å²) < 4.78 is 0. The molecule has 19 heavy (non-hydrogen) atoms. The lowest BCUT2D eigenvalue weighted by Crippen LogP contribution is -2.51. The Kier molecular flexibility index (Phi) is 4.37. The van der Waals surface area contributed by atoms with E-state index in [1.165, 1.54) is 0 Å². The second-order valence-corrected chi connectivity index (χ2v) is 5.11. The maximum Gasteiger partial charge on any atom is 0.317 e. The molecule has 1 aromatic rings. The zero-order valence-electron chi connectivity index (χ0n) is 11.5. The molecule has 0 unspecified atom stereocenters. The normalized spacial score (nSPS) is 22.1.